The molecule has 15 heavy (non-hydrogen) atoms. The molecule has 3 nitrogen and oxygen atoms in total. The van der Waals surface area contributed by atoms with Gasteiger partial charge in [-0.15, -0.1) is 6.58 Å². The lowest BCUT2D eigenvalue weighted by Gasteiger charge is -2.27. The van der Waals surface area contributed by atoms with Gasteiger partial charge >= 0.3 is 0 Å². The summed E-state index contributed by atoms with van der Waals surface area (Å²) in [6, 6.07) is 0.447. The summed E-state index contributed by atoms with van der Waals surface area (Å²) in [7, 11) is 0. The Morgan fingerprint density at radius 1 is 1.67 bits per heavy atom. The zero-order valence-corrected chi connectivity index (χ0v) is 9.83. The normalized spacial score (nSPS) is 21.0. The van der Waals surface area contributed by atoms with E-state index in [1.54, 1.807) is 6.08 Å². The lowest BCUT2D eigenvalue weighted by molar-refractivity contribution is -0.131. The van der Waals surface area contributed by atoms with E-state index in [1.165, 1.54) is 0 Å². The van der Waals surface area contributed by atoms with E-state index in [9.17, 15) is 4.79 Å². The first kappa shape index (κ1) is 12.2. The third-order valence-corrected chi connectivity index (χ3v) is 2.95. The highest BCUT2D eigenvalue weighted by atomic mass is 16.2. The molecule has 1 rings (SSSR count). The van der Waals surface area contributed by atoms with Crippen LogP contribution in [0.2, 0.25) is 0 Å². The Kier molecular flexibility index (Phi) is 4.82. The zero-order valence-electron chi connectivity index (χ0n) is 9.83. The molecule has 0 spiro atoms. The van der Waals surface area contributed by atoms with Gasteiger partial charge in [-0.3, -0.25) is 4.79 Å². The van der Waals surface area contributed by atoms with E-state index in [0.29, 0.717) is 25.0 Å². The van der Waals surface area contributed by atoms with Crippen molar-refractivity contribution in [3.8, 4) is 0 Å². The molecule has 1 N–H and O–H groups in total. The molecule has 0 aliphatic carbocycles. The standard InChI is InChI=1S/C12H22N2O/c1-4-7-13-9-12(15)14-8-5-6-11(14)10(2)3/h4,10-11,13H,1,5-9H2,2-3H3. The predicted molar refractivity (Wildman–Crippen MR) is 62.6 cm³/mol. The number of carbonyl (C=O) groups excluding carboxylic acids is 1. The van der Waals surface area contributed by atoms with Crippen LogP contribution in [0.5, 0.6) is 0 Å². The predicted octanol–water partition coefficient (Wildman–Crippen LogP) is 1.41. The molecule has 1 atom stereocenters. The third-order valence-electron chi connectivity index (χ3n) is 2.95. The maximum Gasteiger partial charge on any atom is 0.236 e. The SMILES string of the molecule is C=CCNCC(=O)N1CCCC1C(C)C. The molecule has 1 saturated heterocycles. The summed E-state index contributed by atoms with van der Waals surface area (Å²) in [5, 5.41) is 3.06. The summed E-state index contributed by atoms with van der Waals surface area (Å²) in [6.45, 7) is 10.1. The second-order valence-corrected chi connectivity index (χ2v) is 4.46. The van der Waals surface area contributed by atoms with Crippen LogP contribution in [0.3, 0.4) is 0 Å². The first-order chi connectivity index (χ1) is 7.16. The van der Waals surface area contributed by atoms with Gasteiger partial charge in [0, 0.05) is 19.1 Å². The van der Waals surface area contributed by atoms with Crippen molar-refractivity contribution >= 4 is 5.91 Å². The summed E-state index contributed by atoms with van der Waals surface area (Å²) < 4.78 is 0. The zero-order chi connectivity index (χ0) is 11.3. The number of amides is 1. The summed E-state index contributed by atoms with van der Waals surface area (Å²) in [6.07, 6.45) is 4.08. The Labute approximate surface area is 92.5 Å². The van der Waals surface area contributed by atoms with Gasteiger partial charge in [-0.2, -0.15) is 0 Å². The van der Waals surface area contributed by atoms with Gasteiger partial charge in [0.2, 0.25) is 5.91 Å². The Morgan fingerprint density at radius 2 is 2.40 bits per heavy atom. The number of hydrogen-bond donors (Lipinski definition) is 1. The van der Waals surface area contributed by atoms with Crippen molar-refractivity contribution in [2.24, 2.45) is 5.92 Å². The molecule has 1 aliphatic rings. The molecule has 1 amide bonds. The smallest absolute Gasteiger partial charge is 0.236 e. The van der Waals surface area contributed by atoms with Crippen molar-refractivity contribution in [2.75, 3.05) is 19.6 Å². The van der Waals surface area contributed by atoms with Crippen LogP contribution in [0.1, 0.15) is 26.7 Å². The lowest BCUT2D eigenvalue weighted by atomic mass is 10.0. The van der Waals surface area contributed by atoms with Crippen LogP contribution in [0.25, 0.3) is 0 Å². The van der Waals surface area contributed by atoms with Crippen LogP contribution < -0.4 is 5.32 Å². The first-order valence-corrected chi connectivity index (χ1v) is 5.78. The van der Waals surface area contributed by atoms with E-state index in [2.05, 4.69) is 25.7 Å². The highest BCUT2D eigenvalue weighted by Gasteiger charge is 2.29. The average Bonchev–Trinajstić information content (AvgIpc) is 2.66. The number of nitrogens with zero attached hydrogens (tertiary/aromatic N) is 1. The van der Waals surface area contributed by atoms with Gasteiger partial charge in [-0.05, 0) is 18.8 Å². The fraction of sp³-hybridized carbons (Fsp3) is 0.750. The lowest BCUT2D eigenvalue weighted by Crippen LogP contribution is -2.43. The largest absolute Gasteiger partial charge is 0.338 e. The van der Waals surface area contributed by atoms with E-state index >= 15 is 0 Å². The topological polar surface area (TPSA) is 32.3 Å². The van der Waals surface area contributed by atoms with E-state index in [4.69, 9.17) is 0 Å². The number of likely N-dealkylation sites (tertiary alicyclic amines) is 1. The molecule has 0 radical (unpaired) electrons. The molecular formula is C12H22N2O. The molecule has 3 heteroatoms. The second kappa shape index (κ2) is 5.91. The van der Waals surface area contributed by atoms with E-state index in [1.807, 2.05) is 4.90 Å². The average molecular weight is 210 g/mol. The van der Waals surface area contributed by atoms with Crippen LogP contribution in [0, 0.1) is 5.92 Å². The molecular weight excluding hydrogens is 188 g/mol. The van der Waals surface area contributed by atoms with Crippen molar-refractivity contribution in [3.63, 3.8) is 0 Å². The highest BCUT2D eigenvalue weighted by molar-refractivity contribution is 5.78. The van der Waals surface area contributed by atoms with Gasteiger partial charge in [0.25, 0.3) is 0 Å². The summed E-state index contributed by atoms with van der Waals surface area (Å²) in [5.74, 6) is 0.795. The van der Waals surface area contributed by atoms with Crippen molar-refractivity contribution in [1.82, 2.24) is 10.2 Å². The molecule has 0 aromatic carbocycles. The Morgan fingerprint density at radius 3 is 3.00 bits per heavy atom. The summed E-state index contributed by atoms with van der Waals surface area (Å²) in [4.78, 5) is 13.9. The van der Waals surface area contributed by atoms with Crippen molar-refractivity contribution in [1.29, 1.82) is 0 Å². The number of rotatable bonds is 5. The van der Waals surface area contributed by atoms with E-state index in [-0.39, 0.29) is 5.91 Å². The summed E-state index contributed by atoms with van der Waals surface area (Å²) >= 11 is 0. The quantitative estimate of drug-likeness (QED) is 0.549. The number of nitrogens with one attached hydrogen (secondary N) is 1. The molecule has 0 bridgehead atoms. The van der Waals surface area contributed by atoms with Crippen molar-refractivity contribution in [3.05, 3.63) is 12.7 Å². The number of hydrogen-bond acceptors (Lipinski definition) is 2. The number of carbonyl (C=O) groups is 1. The van der Waals surface area contributed by atoms with Gasteiger partial charge < -0.3 is 10.2 Å². The van der Waals surface area contributed by atoms with Crippen LogP contribution in [0.15, 0.2) is 12.7 Å². The van der Waals surface area contributed by atoms with Crippen LogP contribution >= 0.6 is 0 Å². The van der Waals surface area contributed by atoms with Crippen LogP contribution in [0.4, 0.5) is 0 Å². The minimum absolute atomic E-state index is 0.230. The van der Waals surface area contributed by atoms with Crippen molar-refractivity contribution < 1.29 is 4.79 Å². The molecule has 1 fully saturated rings. The molecule has 1 aliphatic heterocycles. The maximum absolute atomic E-state index is 11.9. The maximum atomic E-state index is 11.9. The fourth-order valence-electron chi connectivity index (χ4n) is 2.18. The Hall–Kier alpha value is -0.830. The first-order valence-electron chi connectivity index (χ1n) is 5.78. The highest BCUT2D eigenvalue weighted by Crippen LogP contribution is 2.23. The minimum Gasteiger partial charge on any atom is -0.338 e. The molecule has 0 aromatic heterocycles. The molecule has 86 valence electrons. The van der Waals surface area contributed by atoms with Gasteiger partial charge in [0.15, 0.2) is 0 Å². The van der Waals surface area contributed by atoms with E-state index < -0.39 is 0 Å². The van der Waals surface area contributed by atoms with E-state index in [0.717, 1.165) is 19.4 Å². The van der Waals surface area contributed by atoms with Crippen LogP contribution in [-0.2, 0) is 4.79 Å². The summed E-state index contributed by atoms with van der Waals surface area (Å²) in [5.41, 5.74) is 0. The Bertz CT molecular complexity index is 226. The molecule has 0 saturated carbocycles. The fourth-order valence-corrected chi connectivity index (χ4v) is 2.18. The molecule has 1 unspecified atom stereocenters. The molecule has 0 aromatic rings. The second-order valence-electron chi connectivity index (χ2n) is 4.46. The van der Waals surface area contributed by atoms with Gasteiger partial charge in [0.05, 0.1) is 6.54 Å². The van der Waals surface area contributed by atoms with Crippen LogP contribution in [-0.4, -0.2) is 36.5 Å². The van der Waals surface area contributed by atoms with Gasteiger partial charge in [-0.25, -0.2) is 0 Å². The minimum atomic E-state index is 0.230. The Balaban J connectivity index is 2.40. The van der Waals surface area contributed by atoms with Gasteiger partial charge in [-0.1, -0.05) is 19.9 Å². The monoisotopic (exact) mass is 210 g/mol. The third kappa shape index (κ3) is 3.34. The molecule has 1 heterocycles. The van der Waals surface area contributed by atoms with Crippen molar-refractivity contribution in [2.45, 2.75) is 32.7 Å². The van der Waals surface area contributed by atoms with Gasteiger partial charge in [0.1, 0.15) is 0 Å².